The number of nitrogens with zero attached hydrogens (tertiary/aromatic N) is 1. The van der Waals surface area contributed by atoms with E-state index in [1.807, 2.05) is 6.08 Å². The summed E-state index contributed by atoms with van der Waals surface area (Å²) < 4.78 is 0. The summed E-state index contributed by atoms with van der Waals surface area (Å²) in [6, 6.07) is 0.898. The van der Waals surface area contributed by atoms with Crippen LogP contribution in [-0.4, -0.2) is 24.0 Å². The Hall–Kier alpha value is -1.00. The summed E-state index contributed by atoms with van der Waals surface area (Å²) in [6.45, 7) is 6.81. The molecule has 1 heterocycles. The SMILES string of the molecule is C#C/C=C(\C=C(C)C)C1CCN(C2CCC2)CC1. The lowest BCUT2D eigenvalue weighted by molar-refractivity contribution is 0.0917. The van der Waals surface area contributed by atoms with Gasteiger partial charge in [0, 0.05) is 6.04 Å². The van der Waals surface area contributed by atoms with E-state index in [1.165, 1.54) is 56.3 Å². The maximum atomic E-state index is 5.45. The lowest BCUT2D eigenvalue weighted by atomic mass is 9.84. The van der Waals surface area contributed by atoms with Gasteiger partial charge in [0.15, 0.2) is 0 Å². The molecule has 0 N–H and O–H groups in total. The normalized spacial score (nSPS) is 23.3. The van der Waals surface area contributed by atoms with Crippen molar-refractivity contribution in [2.45, 2.75) is 52.0 Å². The molecule has 0 spiro atoms. The largest absolute Gasteiger partial charge is 0.300 e. The molecule has 0 bridgehead atoms. The Kier molecular flexibility index (Phi) is 4.66. The van der Waals surface area contributed by atoms with Gasteiger partial charge in [0.1, 0.15) is 0 Å². The zero-order valence-electron chi connectivity index (χ0n) is 11.8. The zero-order chi connectivity index (χ0) is 13.0. The van der Waals surface area contributed by atoms with Crippen LogP contribution in [0.5, 0.6) is 0 Å². The van der Waals surface area contributed by atoms with Crippen LogP contribution in [0.2, 0.25) is 0 Å². The van der Waals surface area contributed by atoms with E-state index in [1.54, 1.807) is 0 Å². The van der Waals surface area contributed by atoms with E-state index in [4.69, 9.17) is 6.42 Å². The van der Waals surface area contributed by atoms with Crippen LogP contribution in [0.4, 0.5) is 0 Å². The summed E-state index contributed by atoms with van der Waals surface area (Å²) in [5.74, 6) is 3.38. The highest BCUT2D eigenvalue weighted by molar-refractivity contribution is 5.31. The first-order valence-corrected chi connectivity index (χ1v) is 7.26. The first kappa shape index (κ1) is 13.4. The molecule has 1 nitrogen and oxygen atoms in total. The Balaban J connectivity index is 1.92. The summed E-state index contributed by atoms with van der Waals surface area (Å²) in [5, 5.41) is 0. The molecule has 2 aliphatic rings. The monoisotopic (exact) mass is 243 g/mol. The maximum Gasteiger partial charge on any atom is 0.00952 e. The zero-order valence-corrected chi connectivity index (χ0v) is 11.8. The van der Waals surface area contributed by atoms with Crippen LogP contribution in [0.1, 0.15) is 46.0 Å². The molecule has 1 heteroatoms. The second kappa shape index (κ2) is 6.25. The Morgan fingerprint density at radius 1 is 1.17 bits per heavy atom. The number of hydrogen-bond donors (Lipinski definition) is 0. The molecule has 18 heavy (non-hydrogen) atoms. The van der Waals surface area contributed by atoms with E-state index in [0.717, 1.165) is 6.04 Å². The summed E-state index contributed by atoms with van der Waals surface area (Å²) in [5.41, 5.74) is 2.71. The van der Waals surface area contributed by atoms with Gasteiger partial charge in [-0.05, 0) is 70.2 Å². The van der Waals surface area contributed by atoms with Gasteiger partial charge in [0.25, 0.3) is 0 Å². The van der Waals surface area contributed by atoms with Crippen LogP contribution in [-0.2, 0) is 0 Å². The highest BCUT2D eigenvalue weighted by atomic mass is 15.2. The molecule has 1 aliphatic heterocycles. The van der Waals surface area contributed by atoms with Crippen molar-refractivity contribution in [3.05, 3.63) is 23.3 Å². The van der Waals surface area contributed by atoms with Crippen LogP contribution in [0.3, 0.4) is 0 Å². The third-order valence-electron chi connectivity index (χ3n) is 4.30. The van der Waals surface area contributed by atoms with Crippen LogP contribution < -0.4 is 0 Å². The summed E-state index contributed by atoms with van der Waals surface area (Å²) in [4.78, 5) is 2.69. The molecule has 2 rings (SSSR count). The van der Waals surface area contributed by atoms with E-state index in [0.29, 0.717) is 5.92 Å². The molecule has 0 atom stereocenters. The predicted molar refractivity (Wildman–Crippen MR) is 78.3 cm³/mol. The van der Waals surface area contributed by atoms with Crippen molar-refractivity contribution in [1.82, 2.24) is 4.90 Å². The van der Waals surface area contributed by atoms with Gasteiger partial charge in [0.05, 0.1) is 0 Å². The topological polar surface area (TPSA) is 3.24 Å². The van der Waals surface area contributed by atoms with Crippen molar-refractivity contribution < 1.29 is 0 Å². The highest BCUT2D eigenvalue weighted by Crippen LogP contribution is 2.32. The Morgan fingerprint density at radius 2 is 1.83 bits per heavy atom. The fourth-order valence-corrected chi connectivity index (χ4v) is 3.06. The summed E-state index contributed by atoms with van der Waals surface area (Å²) in [7, 11) is 0. The van der Waals surface area contributed by atoms with Crippen molar-refractivity contribution in [3.63, 3.8) is 0 Å². The third-order valence-corrected chi connectivity index (χ3v) is 4.30. The Labute approximate surface area is 112 Å². The lowest BCUT2D eigenvalue weighted by Gasteiger charge is -2.42. The number of terminal acetylenes is 1. The van der Waals surface area contributed by atoms with Gasteiger partial charge in [-0.2, -0.15) is 0 Å². The lowest BCUT2D eigenvalue weighted by Crippen LogP contribution is -2.44. The van der Waals surface area contributed by atoms with Gasteiger partial charge in [-0.3, -0.25) is 0 Å². The van der Waals surface area contributed by atoms with Gasteiger partial charge in [0.2, 0.25) is 0 Å². The Bertz CT molecular complexity index is 367. The summed E-state index contributed by atoms with van der Waals surface area (Å²) >= 11 is 0. The summed E-state index contributed by atoms with van der Waals surface area (Å²) in [6.07, 6.45) is 16.5. The van der Waals surface area contributed by atoms with Crippen LogP contribution >= 0.6 is 0 Å². The number of piperidine rings is 1. The van der Waals surface area contributed by atoms with Gasteiger partial charge in [-0.25, -0.2) is 0 Å². The highest BCUT2D eigenvalue weighted by Gasteiger charge is 2.29. The quantitative estimate of drug-likeness (QED) is 0.538. The molecule has 1 saturated carbocycles. The third kappa shape index (κ3) is 3.27. The minimum absolute atomic E-state index is 0.673. The smallest absolute Gasteiger partial charge is 0.00952 e. The van der Waals surface area contributed by atoms with Crippen LogP contribution in [0, 0.1) is 18.3 Å². The Morgan fingerprint density at radius 3 is 2.28 bits per heavy atom. The molecule has 98 valence electrons. The van der Waals surface area contributed by atoms with Crippen molar-refractivity contribution in [3.8, 4) is 12.3 Å². The number of allylic oxidation sites excluding steroid dienone is 4. The fraction of sp³-hybridized carbons (Fsp3) is 0.647. The minimum atomic E-state index is 0.673. The average Bonchev–Trinajstić information content (AvgIpc) is 2.27. The van der Waals surface area contributed by atoms with E-state index in [9.17, 15) is 0 Å². The van der Waals surface area contributed by atoms with Crippen LogP contribution in [0.15, 0.2) is 23.3 Å². The molecule has 0 aromatic heterocycles. The van der Waals surface area contributed by atoms with Gasteiger partial charge in [-0.15, -0.1) is 6.42 Å². The molecule has 2 fully saturated rings. The second-order valence-electron chi connectivity index (χ2n) is 5.93. The molecular formula is C17H25N. The molecule has 0 radical (unpaired) electrons. The molecule has 1 aliphatic carbocycles. The van der Waals surface area contributed by atoms with Crippen molar-refractivity contribution in [1.29, 1.82) is 0 Å². The van der Waals surface area contributed by atoms with Gasteiger partial charge < -0.3 is 4.90 Å². The minimum Gasteiger partial charge on any atom is -0.300 e. The maximum absolute atomic E-state index is 5.45. The number of likely N-dealkylation sites (tertiary alicyclic amines) is 1. The fourth-order valence-electron chi connectivity index (χ4n) is 3.06. The molecule has 0 amide bonds. The van der Waals surface area contributed by atoms with Gasteiger partial charge >= 0.3 is 0 Å². The number of hydrogen-bond acceptors (Lipinski definition) is 1. The van der Waals surface area contributed by atoms with E-state index < -0.39 is 0 Å². The van der Waals surface area contributed by atoms with Gasteiger partial charge in [-0.1, -0.05) is 24.0 Å². The molecule has 0 unspecified atom stereocenters. The second-order valence-corrected chi connectivity index (χ2v) is 5.93. The van der Waals surface area contributed by atoms with Crippen molar-refractivity contribution in [2.75, 3.05) is 13.1 Å². The first-order chi connectivity index (χ1) is 8.70. The standard InChI is InChI=1S/C17H25N/c1-4-6-16(13-14(2)3)15-9-11-18(12-10-15)17-7-5-8-17/h1,6,13,15,17H,5,7-12H2,2-3H3/b16-6+. The average molecular weight is 243 g/mol. The molecule has 0 aromatic rings. The van der Waals surface area contributed by atoms with Crippen molar-refractivity contribution >= 4 is 0 Å². The molecule has 1 saturated heterocycles. The first-order valence-electron chi connectivity index (χ1n) is 7.26. The molecular weight excluding hydrogens is 218 g/mol. The van der Waals surface area contributed by atoms with Crippen LogP contribution in [0.25, 0.3) is 0 Å². The predicted octanol–water partition coefficient (Wildman–Crippen LogP) is 3.78. The number of rotatable bonds is 3. The van der Waals surface area contributed by atoms with E-state index in [2.05, 4.69) is 30.7 Å². The molecule has 0 aromatic carbocycles. The van der Waals surface area contributed by atoms with E-state index in [-0.39, 0.29) is 0 Å². The van der Waals surface area contributed by atoms with E-state index >= 15 is 0 Å². The van der Waals surface area contributed by atoms with Crippen molar-refractivity contribution in [2.24, 2.45) is 5.92 Å².